The highest BCUT2D eigenvalue weighted by atomic mass is 32.1. The van der Waals surface area contributed by atoms with Crippen LogP contribution < -0.4 is 5.73 Å². The molecule has 0 aliphatic rings. The van der Waals surface area contributed by atoms with E-state index in [-0.39, 0.29) is 6.04 Å². The van der Waals surface area contributed by atoms with Crippen molar-refractivity contribution in [3.63, 3.8) is 0 Å². The first-order valence-electron chi connectivity index (χ1n) is 5.71. The summed E-state index contributed by atoms with van der Waals surface area (Å²) in [7, 11) is 0. The molecule has 0 amide bonds. The van der Waals surface area contributed by atoms with E-state index in [1.165, 1.54) is 11.3 Å². The molecular weight excluding hydrogens is 250 g/mol. The van der Waals surface area contributed by atoms with E-state index in [0.717, 1.165) is 27.9 Å². The highest BCUT2D eigenvalue weighted by Crippen LogP contribution is 2.21. The molecule has 0 aromatic carbocycles. The number of aryl methyl sites for hydroxylation is 1. The van der Waals surface area contributed by atoms with Crippen molar-refractivity contribution in [2.75, 3.05) is 0 Å². The monoisotopic (exact) mass is 263 g/mol. The third-order valence-electron chi connectivity index (χ3n) is 2.70. The molecule has 7 nitrogen and oxygen atoms in total. The van der Waals surface area contributed by atoms with Gasteiger partial charge in [0.1, 0.15) is 5.01 Å². The molecular formula is C10H13N7S. The second-order valence-corrected chi connectivity index (χ2v) is 4.98. The Labute approximate surface area is 107 Å². The third kappa shape index (κ3) is 1.89. The van der Waals surface area contributed by atoms with Gasteiger partial charge in [0.2, 0.25) is 4.96 Å². The van der Waals surface area contributed by atoms with Crippen LogP contribution in [-0.2, 0) is 12.8 Å². The van der Waals surface area contributed by atoms with Crippen molar-refractivity contribution in [1.82, 2.24) is 29.8 Å². The number of imidazole rings is 1. The van der Waals surface area contributed by atoms with Gasteiger partial charge in [0.25, 0.3) is 0 Å². The van der Waals surface area contributed by atoms with Crippen LogP contribution >= 0.6 is 11.3 Å². The average molecular weight is 263 g/mol. The van der Waals surface area contributed by atoms with Gasteiger partial charge in [-0.15, -0.1) is 10.2 Å². The van der Waals surface area contributed by atoms with Crippen LogP contribution in [0.1, 0.15) is 29.5 Å². The largest absolute Gasteiger partial charge is 0.348 e. The highest BCUT2D eigenvalue weighted by molar-refractivity contribution is 7.16. The maximum Gasteiger partial charge on any atom is 0.234 e. The number of nitrogens with one attached hydrogen (secondary N) is 1. The van der Waals surface area contributed by atoms with Crippen molar-refractivity contribution in [2.24, 2.45) is 5.73 Å². The molecule has 0 aliphatic carbocycles. The zero-order valence-electron chi connectivity index (χ0n) is 9.87. The molecule has 0 saturated heterocycles. The second kappa shape index (κ2) is 4.46. The van der Waals surface area contributed by atoms with Crippen LogP contribution in [-0.4, -0.2) is 29.8 Å². The van der Waals surface area contributed by atoms with E-state index in [1.807, 2.05) is 6.92 Å². The first-order valence-corrected chi connectivity index (χ1v) is 6.53. The lowest BCUT2D eigenvalue weighted by Gasteiger charge is -2.05. The number of hydrogen-bond donors (Lipinski definition) is 2. The van der Waals surface area contributed by atoms with Crippen molar-refractivity contribution in [1.29, 1.82) is 0 Å². The zero-order valence-corrected chi connectivity index (χ0v) is 10.7. The molecule has 3 rings (SSSR count). The van der Waals surface area contributed by atoms with Crippen LogP contribution in [0.3, 0.4) is 0 Å². The molecule has 18 heavy (non-hydrogen) atoms. The first-order chi connectivity index (χ1) is 8.78. The average Bonchev–Trinajstić information content (AvgIpc) is 3.03. The van der Waals surface area contributed by atoms with Crippen LogP contribution in [0, 0.1) is 0 Å². The van der Waals surface area contributed by atoms with E-state index in [4.69, 9.17) is 5.73 Å². The van der Waals surface area contributed by atoms with Gasteiger partial charge in [-0.25, -0.2) is 4.98 Å². The van der Waals surface area contributed by atoms with Crippen molar-refractivity contribution in [3.8, 4) is 0 Å². The summed E-state index contributed by atoms with van der Waals surface area (Å²) in [5, 5.41) is 13.5. The van der Waals surface area contributed by atoms with Gasteiger partial charge in [0.15, 0.2) is 5.82 Å². The number of nitrogens with two attached hydrogens (primary N) is 1. The normalized spacial score (nSPS) is 13.2. The molecule has 0 aliphatic heterocycles. The van der Waals surface area contributed by atoms with E-state index in [2.05, 4.69) is 25.3 Å². The van der Waals surface area contributed by atoms with E-state index in [1.54, 1.807) is 17.0 Å². The number of hydrogen-bond acceptors (Lipinski definition) is 6. The fraction of sp³-hybridized carbons (Fsp3) is 0.400. The molecule has 0 spiro atoms. The number of H-pyrrole nitrogens is 1. The number of rotatable bonds is 4. The van der Waals surface area contributed by atoms with E-state index < -0.39 is 0 Å². The number of fused-ring (bicyclic) bond motifs is 1. The first kappa shape index (κ1) is 11.3. The van der Waals surface area contributed by atoms with Gasteiger partial charge in [0, 0.05) is 24.7 Å². The number of aromatic nitrogens is 6. The molecule has 0 bridgehead atoms. The van der Waals surface area contributed by atoms with Gasteiger partial charge in [-0.05, 0) is 0 Å². The van der Waals surface area contributed by atoms with E-state index in [0.29, 0.717) is 6.42 Å². The predicted molar refractivity (Wildman–Crippen MR) is 67.3 cm³/mol. The summed E-state index contributed by atoms with van der Waals surface area (Å²) in [6, 6.07) is -0.151. The summed E-state index contributed by atoms with van der Waals surface area (Å²) in [4.78, 5) is 7.81. The lowest BCUT2D eigenvalue weighted by molar-refractivity contribution is 0.678. The molecule has 1 unspecified atom stereocenters. The Morgan fingerprint density at radius 3 is 3.11 bits per heavy atom. The highest BCUT2D eigenvalue weighted by Gasteiger charge is 2.16. The molecule has 0 radical (unpaired) electrons. The van der Waals surface area contributed by atoms with Crippen molar-refractivity contribution < 1.29 is 0 Å². The second-order valence-electron chi connectivity index (χ2n) is 3.99. The van der Waals surface area contributed by atoms with Crippen molar-refractivity contribution in [2.45, 2.75) is 25.8 Å². The quantitative estimate of drug-likeness (QED) is 0.722. The van der Waals surface area contributed by atoms with E-state index >= 15 is 0 Å². The summed E-state index contributed by atoms with van der Waals surface area (Å²) in [6.07, 6.45) is 4.92. The van der Waals surface area contributed by atoms with Crippen LogP contribution in [0.5, 0.6) is 0 Å². The van der Waals surface area contributed by atoms with Crippen molar-refractivity contribution >= 4 is 16.3 Å². The summed E-state index contributed by atoms with van der Waals surface area (Å²) in [6.45, 7) is 2.03. The number of nitrogens with zero attached hydrogens (tertiary/aromatic N) is 5. The SMILES string of the molecule is CCc1nnc2sc(C(N)Cc3cnc[nH]3)nn12. The van der Waals surface area contributed by atoms with Gasteiger partial charge < -0.3 is 10.7 Å². The summed E-state index contributed by atoms with van der Waals surface area (Å²) in [5.41, 5.74) is 7.14. The van der Waals surface area contributed by atoms with Crippen molar-refractivity contribution in [3.05, 3.63) is 29.1 Å². The maximum atomic E-state index is 6.14. The zero-order chi connectivity index (χ0) is 12.5. The molecule has 0 fully saturated rings. The molecule has 3 N–H and O–H groups in total. The Morgan fingerprint density at radius 1 is 1.50 bits per heavy atom. The lowest BCUT2D eigenvalue weighted by Crippen LogP contribution is -2.14. The maximum absolute atomic E-state index is 6.14. The Balaban J connectivity index is 1.87. The smallest absolute Gasteiger partial charge is 0.234 e. The molecule has 3 heterocycles. The minimum absolute atomic E-state index is 0.151. The molecule has 3 aromatic heterocycles. The molecule has 0 saturated carbocycles. The predicted octanol–water partition coefficient (Wildman–Crippen LogP) is 0.714. The minimum atomic E-state index is -0.151. The summed E-state index contributed by atoms with van der Waals surface area (Å²) >= 11 is 1.48. The third-order valence-corrected chi connectivity index (χ3v) is 3.73. The van der Waals surface area contributed by atoms with Crippen LogP contribution in [0.25, 0.3) is 4.96 Å². The Morgan fingerprint density at radius 2 is 2.39 bits per heavy atom. The summed E-state index contributed by atoms with van der Waals surface area (Å²) in [5.74, 6) is 0.862. The van der Waals surface area contributed by atoms with Crippen LogP contribution in [0.2, 0.25) is 0 Å². The lowest BCUT2D eigenvalue weighted by atomic mass is 10.2. The van der Waals surface area contributed by atoms with Gasteiger partial charge >= 0.3 is 0 Å². The molecule has 8 heteroatoms. The topological polar surface area (TPSA) is 97.8 Å². The fourth-order valence-corrected chi connectivity index (χ4v) is 2.62. The van der Waals surface area contributed by atoms with E-state index in [9.17, 15) is 0 Å². The van der Waals surface area contributed by atoms with Gasteiger partial charge in [-0.3, -0.25) is 0 Å². The van der Waals surface area contributed by atoms with Crippen LogP contribution in [0.4, 0.5) is 0 Å². The minimum Gasteiger partial charge on any atom is -0.348 e. The van der Waals surface area contributed by atoms with Crippen LogP contribution in [0.15, 0.2) is 12.5 Å². The number of aromatic amines is 1. The Bertz CT molecular complexity index is 638. The standard InChI is InChI=1S/C10H13N7S/c1-2-8-14-15-10-17(8)16-9(18-10)7(11)3-6-4-12-5-13-6/h4-5,7H,2-3,11H2,1H3,(H,12,13). The molecule has 3 aromatic rings. The van der Waals surface area contributed by atoms with Gasteiger partial charge in [0.05, 0.1) is 12.4 Å². The Kier molecular flexibility index (Phi) is 2.80. The summed E-state index contributed by atoms with van der Waals surface area (Å²) < 4.78 is 1.77. The molecule has 94 valence electrons. The fourth-order valence-electron chi connectivity index (χ4n) is 1.76. The Hall–Kier alpha value is -1.80. The molecule has 1 atom stereocenters. The van der Waals surface area contributed by atoms with Gasteiger partial charge in [-0.1, -0.05) is 18.3 Å². The van der Waals surface area contributed by atoms with Gasteiger partial charge in [-0.2, -0.15) is 9.61 Å².